The second kappa shape index (κ2) is 6.18. The Kier molecular flexibility index (Phi) is 4.50. The van der Waals surface area contributed by atoms with Gasteiger partial charge < -0.3 is 10.1 Å². The average molecular weight is 417 g/mol. The number of para-hydroxylation sites is 1. The molecule has 106 valence electrons. The standard InChI is InChI=1S/C15H15Br2NOS/c1-2-18-14(10-8-13(16)20-15(10)17)12-7-9-5-3-4-6-11(9)19-12/h3-6,8,12,14,18H,2,7H2,1H3. The first-order chi connectivity index (χ1) is 9.69. The Morgan fingerprint density at radius 3 is 2.85 bits per heavy atom. The summed E-state index contributed by atoms with van der Waals surface area (Å²) in [6.45, 7) is 3.05. The molecule has 2 heterocycles. The fraction of sp³-hybridized carbons (Fsp3) is 0.333. The van der Waals surface area contributed by atoms with Crippen LogP contribution in [-0.4, -0.2) is 12.6 Å². The normalized spacial score (nSPS) is 18.6. The fourth-order valence-electron chi connectivity index (χ4n) is 2.62. The molecular weight excluding hydrogens is 402 g/mol. The van der Waals surface area contributed by atoms with Crippen LogP contribution in [0.4, 0.5) is 0 Å². The van der Waals surface area contributed by atoms with Crippen molar-refractivity contribution < 1.29 is 4.74 Å². The summed E-state index contributed by atoms with van der Waals surface area (Å²) in [4.78, 5) is 0. The van der Waals surface area contributed by atoms with E-state index in [1.165, 1.54) is 11.1 Å². The lowest BCUT2D eigenvalue weighted by atomic mass is 10.00. The first kappa shape index (κ1) is 14.6. The lowest BCUT2D eigenvalue weighted by Crippen LogP contribution is -2.34. The summed E-state index contributed by atoms with van der Waals surface area (Å²) in [5, 5.41) is 3.56. The van der Waals surface area contributed by atoms with Crippen LogP contribution in [0.25, 0.3) is 0 Å². The molecule has 0 bridgehead atoms. The van der Waals surface area contributed by atoms with E-state index < -0.39 is 0 Å². The maximum Gasteiger partial charge on any atom is 0.123 e. The number of hydrogen-bond donors (Lipinski definition) is 1. The third kappa shape index (κ3) is 2.82. The number of rotatable bonds is 4. The molecule has 0 amide bonds. The smallest absolute Gasteiger partial charge is 0.123 e. The number of likely N-dealkylation sites (N-methyl/N-ethyl adjacent to an activating group) is 1. The Hall–Kier alpha value is -0.360. The minimum Gasteiger partial charge on any atom is -0.488 e. The van der Waals surface area contributed by atoms with Crippen molar-refractivity contribution in [2.45, 2.75) is 25.5 Å². The van der Waals surface area contributed by atoms with Crippen LogP contribution in [0, 0.1) is 0 Å². The number of fused-ring (bicyclic) bond motifs is 1. The first-order valence-electron chi connectivity index (χ1n) is 6.61. The molecule has 0 spiro atoms. The Balaban J connectivity index is 1.88. The molecule has 20 heavy (non-hydrogen) atoms. The van der Waals surface area contributed by atoms with Crippen LogP contribution in [0.1, 0.15) is 24.1 Å². The summed E-state index contributed by atoms with van der Waals surface area (Å²) in [7, 11) is 0. The van der Waals surface area contributed by atoms with Gasteiger partial charge in [0.2, 0.25) is 0 Å². The van der Waals surface area contributed by atoms with Gasteiger partial charge in [-0.1, -0.05) is 25.1 Å². The molecule has 1 aliphatic rings. The van der Waals surface area contributed by atoms with Crippen molar-refractivity contribution in [1.29, 1.82) is 0 Å². The van der Waals surface area contributed by atoms with Crippen molar-refractivity contribution in [3.63, 3.8) is 0 Å². The predicted molar refractivity (Wildman–Crippen MR) is 90.7 cm³/mol. The molecule has 2 nitrogen and oxygen atoms in total. The van der Waals surface area contributed by atoms with E-state index in [2.05, 4.69) is 68.4 Å². The van der Waals surface area contributed by atoms with Crippen molar-refractivity contribution in [3.8, 4) is 5.75 Å². The highest BCUT2D eigenvalue weighted by Gasteiger charge is 2.32. The summed E-state index contributed by atoms with van der Waals surface area (Å²) in [5.41, 5.74) is 2.56. The van der Waals surface area contributed by atoms with Crippen LogP contribution >= 0.6 is 43.2 Å². The highest BCUT2D eigenvalue weighted by atomic mass is 79.9. The largest absolute Gasteiger partial charge is 0.488 e. The van der Waals surface area contributed by atoms with E-state index in [1.54, 1.807) is 11.3 Å². The molecule has 1 aromatic heterocycles. The molecule has 1 aliphatic heterocycles. The van der Waals surface area contributed by atoms with E-state index in [-0.39, 0.29) is 12.1 Å². The SMILES string of the molecule is CCNC(c1cc(Br)sc1Br)C1Cc2ccccc2O1. The van der Waals surface area contributed by atoms with Crippen LogP contribution in [0.5, 0.6) is 5.75 Å². The van der Waals surface area contributed by atoms with Gasteiger partial charge in [0.15, 0.2) is 0 Å². The number of thiophene rings is 1. The van der Waals surface area contributed by atoms with Gasteiger partial charge in [0.05, 0.1) is 13.6 Å². The Bertz CT molecular complexity index is 589. The zero-order valence-electron chi connectivity index (χ0n) is 11.0. The molecule has 0 fully saturated rings. The number of hydrogen-bond acceptors (Lipinski definition) is 3. The molecule has 0 saturated heterocycles. The topological polar surface area (TPSA) is 21.3 Å². The molecule has 3 rings (SSSR count). The van der Waals surface area contributed by atoms with Gasteiger partial charge in [-0.25, -0.2) is 0 Å². The number of nitrogens with one attached hydrogen (secondary N) is 1. The van der Waals surface area contributed by atoms with Crippen LogP contribution in [0.2, 0.25) is 0 Å². The molecule has 1 aromatic carbocycles. The van der Waals surface area contributed by atoms with E-state index >= 15 is 0 Å². The molecular formula is C15H15Br2NOS. The average Bonchev–Trinajstić information content (AvgIpc) is 2.99. The summed E-state index contributed by atoms with van der Waals surface area (Å²) < 4.78 is 8.45. The minimum absolute atomic E-state index is 0.144. The molecule has 0 aliphatic carbocycles. The highest BCUT2D eigenvalue weighted by molar-refractivity contribution is 9.12. The Morgan fingerprint density at radius 1 is 1.40 bits per heavy atom. The summed E-state index contributed by atoms with van der Waals surface area (Å²) in [6.07, 6.45) is 1.10. The lowest BCUT2D eigenvalue weighted by Gasteiger charge is -2.24. The molecule has 2 aromatic rings. The first-order valence-corrected chi connectivity index (χ1v) is 9.02. The van der Waals surface area contributed by atoms with Crippen LogP contribution in [-0.2, 0) is 6.42 Å². The monoisotopic (exact) mass is 415 g/mol. The number of halogens is 2. The zero-order chi connectivity index (χ0) is 14.1. The van der Waals surface area contributed by atoms with Gasteiger partial charge in [-0.3, -0.25) is 0 Å². The van der Waals surface area contributed by atoms with Crippen LogP contribution in [0.15, 0.2) is 37.9 Å². The van der Waals surface area contributed by atoms with Gasteiger partial charge in [0, 0.05) is 6.42 Å². The maximum absolute atomic E-state index is 6.15. The highest BCUT2D eigenvalue weighted by Crippen LogP contribution is 2.40. The van der Waals surface area contributed by atoms with E-state index in [0.717, 1.165) is 26.3 Å². The second-order valence-corrected chi connectivity index (χ2v) is 8.53. The van der Waals surface area contributed by atoms with Crippen molar-refractivity contribution in [2.24, 2.45) is 0 Å². The number of benzene rings is 1. The summed E-state index contributed by atoms with van der Waals surface area (Å²) in [5.74, 6) is 1.02. The minimum atomic E-state index is 0.144. The van der Waals surface area contributed by atoms with Gasteiger partial charge in [-0.15, -0.1) is 11.3 Å². The lowest BCUT2D eigenvalue weighted by molar-refractivity contribution is 0.179. The summed E-state index contributed by atoms with van der Waals surface area (Å²) >= 11 is 8.93. The van der Waals surface area contributed by atoms with Gasteiger partial charge >= 0.3 is 0 Å². The summed E-state index contributed by atoms with van der Waals surface area (Å²) in [6, 6.07) is 10.7. The molecule has 5 heteroatoms. The Labute approximate surface area is 139 Å². The van der Waals surface area contributed by atoms with Crippen molar-refractivity contribution in [3.05, 3.63) is 49.0 Å². The molecule has 0 radical (unpaired) electrons. The second-order valence-electron chi connectivity index (χ2n) is 4.78. The molecule has 2 atom stereocenters. The quantitative estimate of drug-likeness (QED) is 0.762. The van der Waals surface area contributed by atoms with E-state index in [1.807, 2.05) is 6.07 Å². The van der Waals surface area contributed by atoms with Crippen molar-refractivity contribution in [1.82, 2.24) is 5.32 Å². The maximum atomic E-state index is 6.15. The van der Waals surface area contributed by atoms with Gasteiger partial charge in [-0.05, 0) is 61.7 Å². The third-order valence-corrected chi connectivity index (χ3v) is 5.87. The fourth-order valence-corrected chi connectivity index (χ4v) is 5.55. The molecule has 2 unspecified atom stereocenters. The Morgan fingerprint density at radius 2 is 2.20 bits per heavy atom. The molecule has 1 N–H and O–H groups in total. The zero-order valence-corrected chi connectivity index (χ0v) is 15.0. The van der Waals surface area contributed by atoms with E-state index in [0.29, 0.717) is 0 Å². The molecule has 0 saturated carbocycles. The number of ether oxygens (including phenoxy) is 1. The van der Waals surface area contributed by atoms with Crippen molar-refractivity contribution >= 4 is 43.2 Å². The van der Waals surface area contributed by atoms with Gasteiger partial charge in [0.25, 0.3) is 0 Å². The van der Waals surface area contributed by atoms with E-state index in [4.69, 9.17) is 4.74 Å². The van der Waals surface area contributed by atoms with E-state index in [9.17, 15) is 0 Å². The van der Waals surface area contributed by atoms with Gasteiger partial charge in [0.1, 0.15) is 11.9 Å². The van der Waals surface area contributed by atoms with Crippen LogP contribution < -0.4 is 10.1 Å². The van der Waals surface area contributed by atoms with Crippen LogP contribution in [0.3, 0.4) is 0 Å². The third-order valence-electron chi connectivity index (χ3n) is 3.49. The predicted octanol–water partition coefficient (Wildman–Crippen LogP) is 4.93. The van der Waals surface area contributed by atoms with Gasteiger partial charge in [-0.2, -0.15) is 0 Å². The van der Waals surface area contributed by atoms with Crippen molar-refractivity contribution in [2.75, 3.05) is 6.54 Å².